The second kappa shape index (κ2) is 7.51. The van der Waals surface area contributed by atoms with Crippen molar-refractivity contribution in [3.05, 3.63) is 33.1 Å². The Morgan fingerprint density at radius 2 is 2.05 bits per heavy atom. The molecule has 0 aliphatic heterocycles. The van der Waals surface area contributed by atoms with Crippen LogP contribution in [-0.2, 0) is 4.74 Å². The highest BCUT2D eigenvalue weighted by atomic mass is 127. The number of carbonyl (C=O) groups excluding carboxylic acids is 1. The van der Waals surface area contributed by atoms with Gasteiger partial charge >= 0.3 is 0 Å². The maximum atomic E-state index is 13.7. The first-order valence-corrected chi connectivity index (χ1v) is 11.3. The fourth-order valence-electron chi connectivity index (χ4n) is 1.51. The Bertz CT molecular complexity index is 477. The Kier molecular flexibility index (Phi) is 6.60. The number of carbonyl (C=O) groups is 1. The number of halogens is 2. The summed E-state index contributed by atoms with van der Waals surface area (Å²) in [4.78, 5) is 13.5. The summed E-state index contributed by atoms with van der Waals surface area (Å²) in [6, 6.07) is 5.63. The second-order valence-corrected chi connectivity index (χ2v) is 12.8. The molecule has 0 N–H and O–H groups in total. The van der Waals surface area contributed by atoms with Crippen LogP contribution < -0.4 is 0 Å². The molecule has 0 bridgehead atoms. The van der Waals surface area contributed by atoms with Gasteiger partial charge in [0, 0.05) is 25.3 Å². The average molecular weight is 409 g/mol. The normalized spacial score (nSPS) is 11.5. The second-order valence-electron chi connectivity index (χ2n) is 5.98. The molecule has 112 valence electrons. The van der Waals surface area contributed by atoms with Crippen molar-refractivity contribution in [3.8, 4) is 0 Å². The third-order valence-electron chi connectivity index (χ3n) is 2.79. The zero-order valence-corrected chi connectivity index (χ0v) is 15.5. The van der Waals surface area contributed by atoms with E-state index in [1.165, 1.54) is 17.0 Å². The van der Waals surface area contributed by atoms with E-state index >= 15 is 0 Å². The quantitative estimate of drug-likeness (QED) is 0.310. The maximum Gasteiger partial charge on any atom is 0.258 e. The van der Waals surface area contributed by atoms with Crippen LogP contribution in [0.3, 0.4) is 0 Å². The van der Waals surface area contributed by atoms with Gasteiger partial charge in [-0.3, -0.25) is 4.79 Å². The van der Waals surface area contributed by atoms with Crippen LogP contribution >= 0.6 is 22.6 Å². The molecule has 0 saturated heterocycles. The van der Waals surface area contributed by atoms with Crippen LogP contribution in [0.4, 0.5) is 4.39 Å². The van der Waals surface area contributed by atoms with E-state index < -0.39 is 13.9 Å². The first-order chi connectivity index (χ1) is 9.20. The SMILES string of the molecule is CN(COCC[Si](C)(C)C)C(=O)c1ccc(I)cc1F. The third-order valence-corrected chi connectivity index (χ3v) is 5.16. The van der Waals surface area contributed by atoms with Crippen molar-refractivity contribution in [1.82, 2.24) is 4.90 Å². The van der Waals surface area contributed by atoms with Gasteiger partial charge in [-0.05, 0) is 46.8 Å². The van der Waals surface area contributed by atoms with Gasteiger partial charge in [0.2, 0.25) is 0 Å². The smallest absolute Gasteiger partial charge is 0.258 e. The third kappa shape index (κ3) is 5.88. The summed E-state index contributed by atoms with van der Waals surface area (Å²) in [5.74, 6) is -0.845. The van der Waals surface area contributed by atoms with Crippen LogP contribution in [-0.4, -0.2) is 39.3 Å². The molecule has 1 aromatic carbocycles. The van der Waals surface area contributed by atoms with Crippen LogP contribution in [0.25, 0.3) is 0 Å². The van der Waals surface area contributed by atoms with E-state index in [9.17, 15) is 9.18 Å². The van der Waals surface area contributed by atoms with Crippen molar-refractivity contribution < 1.29 is 13.9 Å². The van der Waals surface area contributed by atoms with Crippen molar-refractivity contribution in [2.24, 2.45) is 0 Å². The van der Waals surface area contributed by atoms with Crippen molar-refractivity contribution in [1.29, 1.82) is 0 Å². The van der Waals surface area contributed by atoms with Gasteiger partial charge in [0.1, 0.15) is 12.5 Å². The van der Waals surface area contributed by atoms with Gasteiger partial charge in [0.25, 0.3) is 5.91 Å². The van der Waals surface area contributed by atoms with Crippen LogP contribution in [0.15, 0.2) is 18.2 Å². The minimum atomic E-state index is -1.12. The Hall–Kier alpha value is -0.473. The van der Waals surface area contributed by atoms with Crippen molar-refractivity contribution >= 4 is 36.6 Å². The molecular formula is C14H21FINO2Si. The molecule has 1 rings (SSSR count). The van der Waals surface area contributed by atoms with Gasteiger partial charge in [0.05, 0.1) is 5.56 Å². The molecule has 0 unspecified atom stereocenters. The standard InChI is InChI=1S/C14H21FINO2Si/c1-17(10-19-7-8-20(2,3)4)14(18)12-6-5-11(16)9-13(12)15/h5-6,9H,7-8,10H2,1-4H3. The first kappa shape index (κ1) is 17.6. The monoisotopic (exact) mass is 409 g/mol. The van der Waals surface area contributed by atoms with E-state index in [0.717, 1.165) is 9.61 Å². The largest absolute Gasteiger partial charge is 0.361 e. The number of benzene rings is 1. The molecule has 20 heavy (non-hydrogen) atoms. The lowest BCUT2D eigenvalue weighted by molar-refractivity contribution is 0.0372. The van der Waals surface area contributed by atoms with Crippen molar-refractivity contribution in [2.45, 2.75) is 25.7 Å². The van der Waals surface area contributed by atoms with Gasteiger partial charge in [-0.25, -0.2) is 4.39 Å². The molecule has 0 heterocycles. The molecule has 0 aromatic heterocycles. The van der Waals surface area contributed by atoms with E-state index in [1.54, 1.807) is 13.1 Å². The molecule has 0 fully saturated rings. The van der Waals surface area contributed by atoms with Gasteiger partial charge in [-0.15, -0.1) is 0 Å². The Morgan fingerprint density at radius 1 is 1.40 bits per heavy atom. The van der Waals surface area contributed by atoms with Crippen LogP contribution in [0, 0.1) is 9.39 Å². The molecular weight excluding hydrogens is 388 g/mol. The predicted octanol–water partition coefficient (Wildman–Crippen LogP) is 3.81. The number of rotatable bonds is 6. The van der Waals surface area contributed by atoms with Crippen LogP contribution in [0.1, 0.15) is 10.4 Å². The summed E-state index contributed by atoms with van der Waals surface area (Å²) >= 11 is 2.01. The topological polar surface area (TPSA) is 29.5 Å². The minimum Gasteiger partial charge on any atom is -0.361 e. The van der Waals surface area contributed by atoms with Gasteiger partial charge in [-0.1, -0.05) is 19.6 Å². The molecule has 0 radical (unpaired) electrons. The molecule has 0 aliphatic rings. The number of hydrogen-bond acceptors (Lipinski definition) is 2. The molecule has 6 heteroatoms. The van der Waals surface area contributed by atoms with E-state index in [2.05, 4.69) is 19.6 Å². The van der Waals surface area contributed by atoms with Gasteiger partial charge in [0.15, 0.2) is 0 Å². The minimum absolute atomic E-state index is 0.0849. The van der Waals surface area contributed by atoms with E-state index in [-0.39, 0.29) is 18.2 Å². The zero-order chi connectivity index (χ0) is 15.3. The lowest BCUT2D eigenvalue weighted by atomic mass is 10.2. The lowest BCUT2D eigenvalue weighted by Gasteiger charge is -2.20. The van der Waals surface area contributed by atoms with Crippen molar-refractivity contribution in [3.63, 3.8) is 0 Å². The van der Waals surface area contributed by atoms with Gasteiger partial charge in [-0.2, -0.15) is 0 Å². The van der Waals surface area contributed by atoms with Gasteiger partial charge < -0.3 is 9.64 Å². The molecule has 0 saturated carbocycles. The van der Waals surface area contributed by atoms with Crippen LogP contribution in [0.2, 0.25) is 25.7 Å². The summed E-state index contributed by atoms with van der Waals surface area (Å²) < 4.78 is 20.0. The highest BCUT2D eigenvalue weighted by Crippen LogP contribution is 2.14. The lowest BCUT2D eigenvalue weighted by Crippen LogP contribution is -2.31. The molecule has 0 aliphatic carbocycles. The van der Waals surface area contributed by atoms with Crippen molar-refractivity contribution in [2.75, 3.05) is 20.4 Å². The number of nitrogens with zero attached hydrogens (tertiary/aromatic N) is 1. The first-order valence-electron chi connectivity index (χ1n) is 6.49. The summed E-state index contributed by atoms with van der Waals surface area (Å²) in [5, 5.41) is 0. The fourth-order valence-corrected chi connectivity index (χ4v) is 2.72. The fraction of sp³-hybridized carbons (Fsp3) is 0.500. The highest BCUT2D eigenvalue weighted by molar-refractivity contribution is 14.1. The maximum absolute atomic E-state index is 13.7. The Balaban J connectivity index is 2.51. The summed E-state index contributed by atoms with van der Waals surface area (Å²) in [6.07, 6.45) is 0. The molecule has 3 nitrogen and oxygen atoms in total. The molecule has 0 atom stereocenters. The Morgan fingerprint density at radius 3 is 2.60 bits per heavy atom. The summed E-state index contributed by atoms with van der Waals surface area (Å²) in [6.45, 7) is 7.64. The van der Waals surface area contributed by atoms with E-state index in [1.807, 2.05) is 22.6 Å². The molecule has 0 spiro atoms. The summed E-state index contributed by atoms with van der Waals surface area (Å²) in [7, 11) is 0.494. The molecule has 1 amide bonds. The van der Waals surface area contributed by atoms with E-state index in [0.29, 0.717) is 6.61 Å². The predicted molar refractivity (Wildman–Crippen MR) is 90.2 cm³/mol. The Labute approximate surface area is 134 Å². The average Bonchev–Trinajstić information content (AvgIpc) is 2.32. The molecule has 1 aromatic rings. The summed E-state index contributed by atoms with van der Waals surface area (Å²) in [5.41, 5.74) is 0.0849. The highest BCUT2D eigenvalue weighted by Gasteiger charge is 2.17. The van der Waals surface area contributed by atoms with Crippen LogP contribution in [0.5, 0.6) is 0 Å². The number of ether oxygens (including phenoxy) is 1. The number of hydrogen-bond donors (Lipinski definition) is 0. The zero-order valence-electron chi connectivity index (χ0n) is 12.4. The number of amides is 1. The van der Waals surface area contributed by atoms with E-state index in [4.69, 9.17) is 4.74 Å².